The number of rotatable bonds is 1. The van der Waals surface area contributed by atoms with Crippen molar-refractivity contribution in [2.75, 3.05) is 6.54 Å². The Labute approximate surface area is 86.5 Å². The number of benzene rings is 1. The van der Waals surface area contributed by atoms with E-state index in [-0.39, 0.29) is 0 Å². The molecule has 0 unspecified atom stereocenters. The first kappa shape index (κ1) is 9.72. The van der Waals surface area contributed by atoms with Gasteiger partial charge in [-0.05, 0) is 38.3 Å². The number of hydrogen-bond donors (Lipinski definition) is 1. The molecule has 1 heteroatoms. The molecule has 0 bridgehead atoms. The molecule has 76 valence electrons. The zero-order valence-corrected chi connectivity index (χ0v) is 9.30. The first-order valence-corrected chi connectivity index (χ1v) is 5.47. The van der Waals surface area contributed by atoms with E-state index < -0.39 is 0 Å². The molecule has 1 aliphatic heterocycles. The Kier molecular flexibility index (Phi) is 2.60. The molecule has 1 aromatic rings. The summed E-state index contributed by atoms with van der Waals surface area (Å²) in [4.78, 5) is 0. The van der Waals surface area contributed by atoms with Crippen molar-refractivity contribution in [3.8, 4) is 0 Å². The maximum absolute atomic E-state index is 3.58. The Morgan fingerprint density at radius 1 is 1.14 bits per heavy atom. The van der Waals surface area contributed by atoms with Crippen molar-refractivity contribution in [1.29, 1.82) is 0 Å². The van der Waals surface area contributed by atoms with Gasteiger partial charge in [0.1, 0.15) is 0 Å². The third kappa shape index (κ3) is 1.98. The summed E-state index contributed by atoms with van der Waals surface area (Å²) in [5.41, 5.74) is 4.22. The van der Waals surface area contributed by atoms with Gasteiger partial charge in [0.25, 0.3) is 0 Å². The highest BCUT2D eigenvalue weighted by molar-refractivity contribution is 5.31. The monoisotopic (exact) mass is 189 g/mol. The lowest BCUT2D eigenvalue weighted by atomic mass is 9.98. The quantitative estimate of drug-likeness (QED) is 0.716. The number of nitrogens with one attached hydrogen (secondary N) is 1. The van der Waals surface area contributed by atoms with Crippen LogP contribution < -0.4 is 5.32 Å². The van der Waals surface area contributed by atoms with Crippen molar-refractivity contribution in [2.45, 2.75) is 33.2 Å². The van der Waals surface area contributed by atoms with Crippen LogP contribution in [0.25, 0.3) is 0 Å². The van der Waals surface area contributed by atoms with Gasteiger partial charge in [-0.3, -0.25) is 0 Å². The average molecular weight is 189 g/mol. The molecule has 1 aliphatic rings. The van der Waals surface area contributed by atoms with Gasteiger partial charge in [0.2, 0.25) is 0 Å². The van der Waals surface area contributed by atoms with Crippen molar-refractivity contribution >= 4 is 0 Å². The second-order valence-corrected chi connectivity index (χ2v) is 4.72. The van der Waals surface area contributed by atoms with E-state index in [9.17, 15) is 0 Å². The van der Waals surface area contributed by atoms with Crippen LogP contribution in [0, 0.1) is 19.8 Å². The fraction of sp³-hybridized carbons (Fsp3) is 0.538. The summed E-state index contributed by atoms with van der Waals surface area (Å²) in [7, 11) is 0. The van der Waals surface area contributed by atoms with Crippen LogP contribution in [0.1, 0.15) is 36.1 Å². The molecule has 1 N–H and O–H groups in total. The summed E-state index contributed by atoms with van der Waals surface area (Å²) in [6.07, 6.45) is 1.28. The van der Waals surface area contributed by atoms with Gasteiger partial charge in [-0.25, -0.2) is 0 Å². The zero-order valence-electron chi connectivity index (χ0n) is 9.30. The molecule has 14 heavy (non-hydrogen) atoms. The van der Waals surface area contributed by atoms with E-state index in [1.807, 2.05) is 0 Å². The Morgan fingerprint density at radius 3 is 2.29 bits per heavy atom. The molecular formula is C13H19N. The lowest BCUT2D eigenvalue weighted by molar-refractivity contribution is 0.611. The van der Waals surface area contributed by atoms with Crippen LogP contribution in [0.15, 0.2) is 18.2 Å². The minimum Gasteiger partial charge on any atom is -0.310 e. The highest BCUT2D eigenvalue weighted by atomic mass is 14.9. The second kappa shape index (κ2) is 3.74. The molecular weight excluding hydrogens is 170 g/mol. The van der Waals surface area contributed by atoms with Gasteiger partial charge >= 0.3 is 0 Å². The molecule has 2 rings (SSSR count). The number of hydrogen-bond acceptors (Lipinski definition) is 1. The van der Waals surface area contributed by atoms with Crippen molar-refractivity contribution < 1.29 is 0 Å². The van der Waals surface area contributed by atoms with Crippen LogP contribution in [0.4, 0.5) is 0 Å². The maximum atomic E-state index is 3.58. The van der Waals surface area contributed by atoms with Crippen molar-refractivity contribution in [3.05, 3.63) is 34.9 Å². The highest BCUT2D eigenvalue weighted by Crippen LogP contribution is 2.27. The Balaban J connectivity index is 2.23. The summed E-state index contributed by atoms with van der Waals surface area (Å²) in [6.45, 7) is 7.83. The van der Waals surface area contributed by atoms with Gasteiger partial charge in [-0.15, -0.1) is 0 Å². The Hall–Kier alpha value is -0.820. The highest BCUT2D eigenvalue weighted by Gasteiger charge is 2.21. The first-order chi connectivity index (χ1) is 6.65. The second-order valence-electron chi connectivity index (χ2n) is 4.72. The molecule has 1 fully saturated rings. The van der Waals surface area contributed by atoms with E-state index in [0.717, 1.165) is 12.5 Å². The van der Waals surface area contributed by atoms with E-state index in [4.69, 9.17) is 0 Å². The van der Waals surface area contributed by atoms with Crippen molar-refractivity contribution in [1.82, 2.24) is 5.32 Å². The van der Waals surface area contributed by atoms with Crippen LogP contribution in [0.5, 0.6) is 0 Å². The minimum absolute atomic E-state index is 0.587. The minimum atomic E-state index is 0.587. The Morgan fingerprint density at radius 2 is 1.79 bits per heavy atom. The smallest absolute Gasteiger partial charge is 0.0323 e. The predicted molar refractivity (Wildman–Crippen MR) is 60.4 cm³/mol. The zero-order chi connectivity index (χ0) is 10.1. The number of aryl methyl sites for hydroxylation is 2. The summed E-state index contributed by atoms with van der Waals surface area (Å²) < 4.78 is 0. The Bertz CT molecular complexity index is 310. The largest absolute Gasteiger partial charge is 0.310 e. The fourth-order valence-corrected chi connectivity index (χ4v) is 2.38. The summed E-state index contributed by atoms with van der Waals surface area (Å²) in [5.74, 6) is 0.820. The van der Waals surface area contributed by atoms with Crippen LogP contribution in [-0.2, 0) is 0 Å². The van der Waals surface area contributed by atoms with Crippen LogP contribution >= 0.6 is 0 Å². The van der Waals surface area contributed by atoms with Crippen LogP contribution in [-0.4, -0.2) is 6.54 Å². The van der Waals surface area contributed by atoms with Crippen molar-refractivity contribution in [3.63, 3.8) is 0 Å². The molecule has 0 radical (unpaired) electrons. The topological polar surface area (TPSA) is 12.0 Å². The van der Waals surface area contributed by atoms with E-state index >= 15 is 0 Å². The lowest BCUT2D eigenvalue weighted by Gasteiger charge is -2.12. The molecule has 0 aliphatic carbocycles. The molecule has 1 nitrogen and oxygen atoms in total. The molecule has 0 saturated carbocycles. The lowest BCUT2D eigenvalue weighted by Crippen LogP contribution is -2.13. The molecule has 0 aromatic heterocycles. The fourth-order valence-electron chi connectivity index (χ4n) is 2.38. The van der Waals surface area contributed by atoms with Gasteiger partial charge in [-0.2, -0.15) is 0 Å². The van der Waals surface area contributed by atoms with E-state index in [1.165, 1.54) is 23.1 Å². The van der Waals surface area contributed by atoms with E-state index in [0.29, 0.717) is 6.04 Å². The third-order valence-electron chi connectivity index (χ3n) is 3.00. The van der Waals surface area contributed by atoms with E-state index in [2.05, 4.69) is 44.3 Å². The maximum Gasteiger partial charge on any atom is 0.0323 e. The molecule has 0 amide bonds. The van der Waals surface area contributed by atoms with Crippen molar-refractivity contribution in [2.24, 2.45) is 5.92 Å². The third-order valence-corrected chi connectivity index (χ3v) is 3.00. The van der Waals surface area contributed by atoms with Crippen LogP contribution in [0.2, 0.25) is 0 Å². The predicted octanol–water partition coefficient (Wildman–Crippen LogP) is 2.97. The van der Waals surface area contributed by atoms with Gasteiger partial charge in [-0.1, -0.05) is 36.2 Å². The standard InChI is InChI=1S/C13H19N/c1-9-4-10(2)6-12(5-9)13-7-11(3)8-14-13/h4-6,11,13-14H,7-8H2,1-3H3/t11-,13+/m0/s1. The average Bonchev–Trinajstić information content (AvgIpc) is 2.50. The van der Waals surface area contributed by atoms with Crippen LogP contribution in [0.3, 0.4) is 0 Å². The SMILES string of the molecule is Cc1cc(C)cc([C@H]2C[C@H](C)CN2)c1. The van der Waals surface area contributed by atoms with Gasteiger partial charge in [0, 0.05) is 6.04 Å². The van der Waals surface area contributed by atoms with E-state index in [1.54, 1.807) is 0 Å². The summed E-state index contributed by atoms with van der Waals surface area (Å²) >= 11 is 0. The van der Waals surface area contributed by atoms with Gasteiger partial charge in [0.15, 0.2) is 0 Å². The van der Waals surface area contributed by atoms with Gasteiger partial charge < -0.3 is 5.32 Å². The molecule has 1 saturated heterocycles. The summed E-state index contributed by atoms with van der Waals surface area (Å²) in [6, 6.07) is 7.44. The molecule has 1 aromatic carbocycles. The first-order valence-electron chi connectivity index (χ1n) is 5.47. The summed E-state index contributed by atoms with van der Waals surface area (Å²) in [5, 5.41) is 3.58. The van der Waals surface area contributed by atoms with Gasteiger partial charge in [0.05, 0.1) is 0 Å². The normalized spacial score (nSPS) is 26.8. The molecule has 1 heterocycles. The molecule has 0 spiro atoms. The molecule has 2 atom stereocenters.